The Morgan fingerprint density at radius 1 is 1.64 bits per heavy atom. The Morgan fingerprint density at radius 2 is 2.50 bits per heavy atom. The van der Waals surface area contributed by atoms with E-state index >= 15 is 0 Å². The van der Waals surface area contributed by atoms with Crippen molar-refractivity contribution in [2.45, 2.75) is 45.2 Å². The van der Waals surface area contributed by atoms with Gasteiger partial charge in [0.25, 0.3) is 0 Å². The molecule has 1 heterocycles. The van der Waals surface area contributed by atoms with Crippen molar-refractivity contribution in [3.8, 4) is 0 Å². The Morgan fingerprint density at radius 3 is 3.14 bits per heavy atom. The van der Waals surface area contributed by atoms with Crippen molar-refractivity contribution in [2.24, 2.45) is 5.92 Å². The molecule has 1 saturated carbocycles. The van der Waals surface area contributed by atoms with E-state index < -0.39 is 0 Å². The van der Waals surface area contributed by atoms with Crippen LogP contribution in [0, 0.1) is 5.92 Å². The lowest BCUT2D eigenvalue weighted by atomic mass is 10.2. The van der Waals surface area contributed by atoms with Crippen molar-refractivity contribution >= 4 is 0 Å². The molecule has 2 rings (SSSR count). The van der Waals surface area contributed by atoms with Crippen molar-refractivity contribution in [3.63, 3.8) is 0 Å². The molecule has 0 radical (unpaired) electrons. The summed E-state index contributed by atoms with van der Waals surface area (Å²) in [5, 5.41) is 3.60. The molecule has 0 saturated heterocycles. The molecule has 1 aliphatic rings. The molecular formula is C12H19NO. The Kier molecular flexibility index (Phi) is 2.92. The smallest absolute Gasteiger partial charge is 0.120 e. The summed E-state index contributed by atoms with van der Waals surface area (Å²) in [5.74, 6) is 1.96. The van der Waals surface area contributed by atoms with Gasteiger partial charge in [0.1, 0.15) is 5.76 Å². The number of nitrogens with one attached hydrogen (secondary N) is 1. The van der Waals surface area contributed by atoms with Crippen LogP contribution in [0.1, 0.15) is 44.9 Å². The molecule has 1 aromatic heterocycles. The van der Waals surface area contributed by atoms with E-state index in [4.69, 9.17) is 4.42 Å². The molecule has 1 N–H and O–H groups in total. The summed E-state index contributed by atoms with van der Waals surface area (Å²) in [4.78, 5) is 0. The monoisotopic (exact) mass is 193 g/mol. The summed E-state index contributed by atoms with van der Waals surface area (Å²) >= 11 is 0. The molecule has 1 fully saturated rings. The van der Waals surface area contributed by atoms with Gasteiger partial charge in [-0.15, -0.1) is 0 Å². The Labute approximate surface area is 85.7 Å². The van der Waals surface area contributed by atoms with E-state index in [-0.39, 0.29) is 0 Å². The number of hydrogen-bond donors (Lipinski definition) is 1. The third-order valence-corrected chi connectivity index (χ3v) is 3.02. The summed E-state index contributed by atoms with van der Waals surface area (Å²) in [6, 6.07) is 5.07. The molecule has 14 heavy (non-hydrogen) atoms. The first-order chi connectivity index (χ1) is 6.81. The number of furan rings is 1. The first-order valence-corrected chi connectivity index (χ1v) is 5.60. The van der Waals surface area contributed by atoms with Crippen molar-refractivity contribution < 1.29 is 4.42 Å². The lowest BCUT2D eigenvalue weighted by molar-refractivity contribution is 0.420. The van der Waals surface area contributed by atoms with E-state index in [1.54, 1.807) is 6.26 Å². The van der Waals surface area contributed by atoms with Crippen molar-refractivity contribution in [3.05, 3.63) is 24.2 Å². The fourth-order valence-corrected chi connectivity index (χ4v) is 2.08. The highest BCUT2D eigenvalue weighted by Gasteiger charge is 2.36. The van der Waals surface area contributed by atoms with Gasteiger partial charge < -0.3 is 9.73 Å². The molecule has 0 bridgehead atoms. The normalized spacial score (nSPS) is 27.6. The highest BCUT2D eigenvalue weighted by atomic mass is 16.3. The Bertz CT molecular complexity index is 268. The predicted octanol–water partition coefficient (Wildman–Crippen LogP) is 3.12. The minimum Gasteiger partial charge on any atom is -0.468 e. The highest BCUT2D eigenvalue weighted by Crippen LogP contribution is 2.36. The van der Waals surface area contributed by atoms with Crippen molar-refractivity contribution in [1.82, 2.24) is 5.32 Å². The van der Waals surface area contributed by atoms with E-state index in [0.29, 0.717) is 6.04 Å². The average molecular weight is 193 g/mol. The van der Waals surface area contributed by atoms with Gasteiger partial charge in [0.15, 0.2) is 0 Å². The number of hydrogen-bond acceptors (Lipinski definition) is 2. The van der Waals surface area contributed by atoms with E-state index in [9.17, 15) is 0 Å². The second-order valence-corrected chi connectivity index (χ2v) is 4.29. The largest absolute Gasteiger partial charge is 0.468 e. The maximum atomic E-state index is 5.36. The molecule has 0 amide bonds. The molecule has 0 spiro atoms. The van der Waals surface area contributed by atoms with Gasteiger partial charge >= 0.3 is 0 Å². The molecule has 3 unspecified atom stereocenters. The second kappa shape index (κ2) is 4.18. The minimum absolute atomic E-state index is 0.358. The zero-order valence-corrected chi connectivity index (χ0v) is 8.99. The van der Waals surface area contributed by atoms with Crippen LogP contribution in [0.5, 0.6) is 0 Å². The van der Waals surface area contributed by atoms with Crippen LogP contribution in [-0.4, -0.2) is 6.04 Å². The van der Waals surface area contributed by atoms with Gasteiger partial charge in [-0.2, -0.15) is 0 Å². The van der Waals surface area contributed by atoms with Crippen LogP contribution in [0.4, 0.5) is 0 Å². The summed E-state index contributed by atoms with van der Waals surface area (Å²) in [6.07, 6.45) is 5.75. The van der Waals surface area contributed by atoms with Crippen LogP contribution in [-0.2, 0) is 0 Å². The van der Waals surface area contributed by atoms with Gasteiger partial charge in [-0.25, -0.2) is 0 Å². The summed E-state index contributed by atoms with van der Waals surface area (Å²) < 4.78 is 5.36. The van der Waals surface area contributed by atoms with Gasteiger partial charge in [-0.05, 0) is 37.8 Å². The molecule has 78 valence electrons. The lowest BCUT2D eigenvalue weighted by Gasteiger charge is -2.10. The van der Waals surface area contributed by atoms with Crippen LogP contribution >= 0.6 is 0 Å². The van der Waals surface area contributed by atoms with Gasteiger partial charge in [0.05, 0.1) is 12.3 Å². The van der Waals surface area contributed by atoms with Crippen LogP contribution in [0.25, 0.3) is 0 Å². The maximum Gasteiger partial charge on any atom is 0.120 e. The summed E-state index contributed by atoms with van der Waals surface area (Å²) in [5.41, 5.74) is 0. The van der Waals surface area contributed by atoms with Crippen molar-refractivity contribution in [2.75, 3.05) is 0 Å². The minimum atomic E-state index is 0.358. The third kappa shape index (κ3) is 2.18. The van der Waals surface area contributed by atoms with E-state index in [1.165, 1.54) is 19.3 Å². The zero-order chi connectivity index (χ0) is 9.97. The highest BCUT2D eigenvalue weighted by molar-refractivity contribution is 5.05. The van der Waals surface area contributed by atoms with Gasteiger partial charge in [0, 0.05) is 6.04 Å². The van der Waals surface area contributed by atoms with Gasteiger partial charge in [0.2, 0.25) is 0 Å². The van der Waals surface area contributed by atoms with E-state index in [1.807, 2.05) is 12.1 Å². The van der Waals surface area contributed by atoms with Crippen molar-refractivity contribution in [1.29, 1.82) is 0 Å². The number of rotatable bonds is 5. The summed E-state index contributed by atoms with van der Waals surface area (Å²) in [7, 11) is 0. The van der Waals surface area contributed by atoms with Crippen LogP contribution in [0.3, 0.4) is 0 Å². The second-order valence-electron chi connectivity index (χ2n) is 4.29. The Hall–Kier alpha value is -0.760. The van der Waals surface area contributed by atoms with Gasteiger partial charge in [-0.1, -0.05) is 13.3 Å². The topological polar surface area (TPSA) is 25.2 Å². The molecule has 3 atom stereocenters. The molecule has 0 aromatic carbocycles. The first-order valence-electron chi connectivity index (χ1n) is 5.60. The van der Waals surface area contributed by atoms with Gasteiger partial charge in [-0.3, -0.25) is 0 Å². The van der Waals surface area contributed by atoms with E-state index in [2.05, 4.69) is 19.2 Å². The SMILES string of the molecule is CCCC1CC1NC(C)c1ccco1. The average Bonchev–Trinajstić information content (AvgIpc) is 2.71. The first kappa shape index (κ1) is 9.78. The Balaban J connectivity index is 1.77. The lowest BCUT2D eigenvalue weighted by Crippen LogP contribution is -2.21. The third-order valence-electron chi connectivity index (χ3n) is 3.02. The maximum absolute atomic E-state index is 5.36. The van der Waals surface area contributed by atoms with E-state index in [0.717, 1.165) is 17.7 Å². The fourth-order valence-electron chi connectivity index (χ4n) is 2.08. The van der Waals surface area contributed by atoms with Crippen LogP contribution < -0.4 is 5.32 Å². The standard InChI is InChI=1S/C12H19NO/c1-3-5-10-8-11(10)13-9(2)12-6-4-7-14-12/h4,6-7,9-11,13H,3,5,8H2,1-2H3. The molecule has 1 aliphatic carbocycles. The van der Waals surface area contributed by atoms with Crippen LogP contribution in [0.2, 0.25) is 0 Å². The predicted molar refractivity (Wildman–Crippen MR) is 57.1 cm³/mol. The summed E-state index contributed by atoms with van der Waals surface area (Å²) in [6.45, 7) is 4.42. The molecule has 2 nitrogen and oxygen atoms in total. The zero-order valence-electron chi connectivity index (χ0n) is 8.99. The fraction of sp³-hybridized carbons (Fsp3) is 0.667. The van der Waals surface area contributed by atoms with Crippen LogP contribution in [0.15, 0.2) is 22.8 Å². The quantitative estimate of drug-likeness (QED) is 0.777. The molecule has 2 heteroatoms. The molecular weight excluding hydrogens is 174 g/mol. The molecule has 0 aliphatic heterocycles. The molecule has 1 aromatic rings.